The molecule has 1 N–H and O–H groups in total. The highest BCUT2D eigenvalue weighted by Gasteiger charge is 2.31. The second-order valence-electron chi connectivity index (χ2n) is 5.15. The van der Waals surface area contributed by atoms with Gasteiger partial charge in [0.25, 0.3) is 0 Å². The largest absolute Gasteiger partial charge is 0.310 e. The Hall–Kier alpha value is 0.250. The van der Waals surface area contributed by atoms with Crippen LogP contribution in [0.3, 0.4) is 0 Å². The van der Waals surface area contributed by atoms with Crippen molar-refractivity contribution in [3.63, 3.8) is 0 Å². The van der Waals surface area contributed by atoms with Gasteiger partial charge in [-0.05, 0) is 38.1 Å². The van der Waals surface area contributed by atoms with Crippen LogP contribution in [0.15, 0.2) is 0 Å². The Morgan fingerprint density at radius 3 is 2.29 bits per heavy atom. The van der Waals surface area contributed by atoms with E-state index in [9.17, 15) is 0 Å². The zero-order chi connectivity index (χ0) is 9.86. The lowest BCUT2D eigenvalue weighted by atomic mass is 9.80. The Kier molecular flexibility index (Phi) is 3.73. The predicted molar refractivity (Wildman–Crippen MR) is 61.9 cm³/mol. The summed E-state index contributed by atoms with van der Waals surface area (Å²) in [4.78, 5) is 0. The van der Waals surface area contributed by atoms with Gasteiger partial charge in [0.2, 0.25) is 0 Å². The van der Waals surface area contributed by atoms with Crippen LogP contribution in [0, 0.1) is 5.92 Å². The molecule has 0 saturated heterocycles. The van der Waals surface area contributed by atoms with Gasteiger partial charge in [0.15, 0.2) is 0 Å². The van der Waals surface area contributed by atoms with Crippen molar-refractivity contribution in [1.82, 2.24) is 5.32 Å². The Morgan fingerprint density at radius 2 is 1.79 bits per heavy atom. The molecule has 0 aromatic rings. The molecule has 2 aliphatic rings. The van der Waals surface area contributed by atoms with Gasteiger partial charge in [0.05, 0.1) is 0 Å². The number of hydrogen-bond acceptors (Lipinski definition) is 1. The van der Waals surface area contributed by atoms with E-state index in [2.05, 4.69) is 5.32 Å². The minimum atomic E-state index is 0.301. The van der Waals surface area contributed by atoms with Crippen LogP contribution >= 0.6 is 11.6 Å². The molecule has 2 rings (SSSR count). The standard InChI is InChI=1S/C12H22ClN/c13-10-12(7-2-1-3-8-12)14-9-11-5-4-6-11/h11,14H,1-10H2. The Morgan fingerprint density at radius 1 is 1.07 bits per heavy atom. The molecule has 0 aromatic heterocycles. The molecule has 0 aliphatic heterocycles. The number of nitrogens with one attached hydrogen (secondary N) is 1. The monoisotopic (exact) mass is 215 g/mol. The van der Waals surface area contributed by atoms with E-state index in [4.69, 9.17) is 11.6 Å². The molecule has 0 aromatic carbocycles. The first-order chi connectivity index (χ1) is 6.85. The fraction of sp³-hybridized carbons (Fsp3) is 1.00. The quantitative estimate of drug-likeness (QED) is 0.710. The molecule has 2 fully saturated rings. The van der Waals surface area contributed by atoms with Crippen molar-refractivity contribution in [3.8, 4) is 0 Å². The van der Waals surface area contributed by atoms with E-state index in [-0.39, 0.29) is 0 Å². The third-order valence-corrected chi connectivity index (χ3v) is 4.57. The average molecular weight is 216 g/mol. The van der Waals surface area contributed by atoms with E-state index in [1.54, 1.807) is 0 Å². The molecule has 2 aliphatic carbocycles. The summed E-state index contributed by atoms with van der Waals surface area (Å²) in [5.41, 5.74) is 0.301. The Balaban J connectivity index is 1.77. The predicted octanol–water partition coefficient (Wildman–Crippen LogP) is 3.32. The third-order valence-electron chi connectivity index (χ3n) is 4.06. The lowest BCUT2D eigenvalue weighted by molar-refractivity contribution is 0.213. The van der Waals surface area contributed by atoms with Gasteiger partial charge in [-0.25, -0.2) is 0 Å². The van der Waals surface area contributed by atoms with Gasteiger partial charge in [-0.1, -0.05) is 25.7 Å². The van der Waals surface area contributed by atoms with E-state index >= 15 is 0 Å². The maximum Gasteiger partial charge on any atom is 0.0406 e. The van der Waals surface area contributed by atoms with Gasteiger partial charge < -0.3 is 5.32 Å². The molecule has 2 saturated carbocycles. The maximum atomic E-state index is 6.12. The number of hydrogen-bond donors (Lipinski definition) is 1. The molecule has 1 nitrogen and oxygen atoms in total. The second-order valence-corrected chi connectivity index (χ2v) is 5.42. The van der Waals surface area contributed by atoms with Gasteiger partial charge >= 0.3 is 0 Å². The summed E-state index contributed by atoms with van der Waals surface area (Å²) < 4.78 is 0. The minimum Gasteiger partial charge on any atom is -0.310 e. The van der Waals surface area contributed by atoms with Crippen LogP contribution in [0.2, 0.25) is 0 Å². The molecule has 82 valence electrons. The van der Waals surface area contributed by atoms with Crippen LogP contribution in [-0.4, -0.2) is 18.0 Å². The molecule has 0 bridgehead atoms. The fourth-order valence-corrected chi connectivity index (χ4v) is 3.01. The smallest absolute Gasteiger partial charge is 0.0406 e. The minimum absolute atomic E-state index is 0.301. The zero-order valence-corrected chi connectivity index (χ0v) is 9.78. The first-order valence-electron chi connectivity index (χ1n) is 6.16. The Bertz CT molecular complexity index is 171. The highest BCUT2D eigenvalue weighted by molar-refractivity contribution is 6.18. The summed E-state index contributed by atoms with van der Waals surface area (Å²) in [6, 6.07) is 0. The molecular weight excluding hydrogens is 194 g/mol. The first-order valence-corrected chi connectivity index (χ1v) is 6.69. The molecule has 0 radical (unpaired) electrons. The van der Waals surface area contributed by atoms with Crippen LogP contribution in [0.5, 0.6) is 0 Å². The molecule has 0 spiro atoms. The maximum absolute atomic E-state index is 6.12. The molecular formula is C12H22ClN. The van der Waals surface area contributed by atoms with E-state index < -0.39 is 0 Å². The summed E-state index contributed by atoms with van der Waals surface area (Å²) in [6.45, 7) is 1.22. The molecule has 0 atom stereocenters. The summed E-state index contributed by atoms with van der Waals surface area (Å²) >= 11 is 6.12. The van der Waals surface area contributed by atoms with Gasteiger partial charge in [0.1, 0.15) is 0 Å². The van der Waals surface area contributed by atoms with Crippen LogP contribution < -0.4 is 5.32 Å². The van der Waals surface area contributed by atoms with Crippen LogP contribution in [0.4, 0.5) is 0 Å². The average Bonchev–Trinajstić information content (AvgIpc) is 2.17. The van der Waals surface area contributed by atoms with Crippen molar-refractivity contribution in [2.75, 3.05) is 12.4 Å². The van der Waals surface area contributed by atoms with Gasteiger partial charge in [-0.2, -0.15) is 0 Å². The lowest BCUT2D eigenvalue weighted by Crippen LogP contribution is -2.50. The van der Waals surface area contributed by atoms with Crippen molar-refractivity contribution in [2.45, 2.75) is 56.9 Å². The third kappa shape index (κ3) is 2.43. The van der Waals surface area contributed by atoms with Crippen molar-refractivity contribution >= 4 is 11.6 Å². The van der Waals surface area contributed by atoms with Crippen molar-refractivity contribution in [3.05, 3.63) is 0 Å². The lowest BCUT2D eigenvalue weighted by Gasteiger charge is -2.39. The summed E-state index contributed by atoms with van der Waals surface area (Å²) in [7, 11) is 0. The highest BCUT2D eigenvalue weighted by Crippen LogP contribution is 2.31. The molecule has 0 amide bonds. The molecule has 2 heteroatoms. The van der Waals surface area contributed by atoms with Crippen LogP contribution in [0.25, 0.3) is 0 Å². The van der Waals surface area contributed by atoms with E-state index in [1.807, 2.05) is 0 Å². The number of halogens is 1. The highest BCUT2D eigenvalue weighted by atomic mass is 35.5. The number of alkyl halides is 1. The van der Waals surface area contributed by atoms with Gasteiger partial charge in [-0.15, -0.1) is 11.6 Å². The topological polar surface area (TPSA) is 12.0 Å². The Labute approximate surface area is 92.6 Å². The second kappa shape index (κ2) is 4.85. The normalized spacial score (nSPS) is 27.2. The van der Waals surface area contributed by atoms with Gasteiger partial charge in [-0.3, -0.25) is 0 Å². The summed E-state index contributed by atoms with van der Waals surface area (Å²) in [5, 5.41) is 3.75. The summed E-state index contributed by atoms with van der Waals surface area (Å²) in [6.07, 6.45) is 11.0. The van der Waals surface area contributed by atoms with Crippen LogP contribution in [0.1, 0.15) is 51.4 Å². The molecule has 0 unspecified atom stereocenters. The van der Waals surface area contributed by atoms with E-state index in [1.165, 1.54) is 57.9 Å². The van der Waals surface area contributed by atoms with Crippen molar-refractivity contribution in [2.24, 2.45) is 5.92 Å². The molecule has 0 heterocycles. The zero-order valence-electron chi connectivity index (χ0n) is 9.03. The van der Waals surface area contributed by atoms with Crippen LogP contribution in [-0.2, 0) is 0 Å². The SMILES string of the molecule is ClCC1(NCC2CCC2)CCCCC1. The van der Waals surface area contributed by atoms with Crippen molar-refractivity contribution < 1.29 is 0 Å². The van der Waals surface area contributed by atoms with Crippen molar-refractivity contribution in [1.29, 1.82) is 0 Å². The molecule has 14 heavy (non-hydrogen) atoms. The number of rotatable bonds is 4. The van der Waals surface area contributed by atoms with E-state index in [0.717, 1.165) is 11.8 Å². The summed E-state index contributed by atoms with van der Waals surface area (Å²) in [5.74, 6) is 1.76. The first kappa shape index (κ1) is 10.8. The van der Waals surface area contributed by atoms with Gasteiger partial charge in [0, 0.05) is 11.4 Å². The van der Waals surface area contributed by atoms with E-state index in [0.29, 0.717) is 5.54 Å². The fourth-order valence-electron chi connectivity index (χ4n) is 2.64.